The molecule has 15 heavy (non-hydrogen) atoms. The molecule has 0 radical (unpaired) electrons. The molecule has 0 saturated carbocycles. The van der Waals surface area contributed by atoms with Crippen LogP contribution in [0, 0.1) is 11.6 Å². The second kappa shape index (κ2) is 3.17. The smallest absolute Gasteiger partial charge is 0.200 e. The fourth-order valence-electron chi connectivity index (χ4n) is 1.90. The number of halogens is 2. The summed E-state index contributed by atoms with van der Waals surface area (Å²) in [5.74, 6) is -1.90. The molecule has 1 aliphatic heterocycles. The number of rotatable bonds is 0. The minimum absolute atomic E-state index is 0.0428. The van der Waals surface area contributed by atoms with Crippen molar-refractivity contribution in [1.29, 1.82) is 0 Å². The number of hydrogen-bond acceptors (Lipinski definition) is 2. The highest BCUT2D eigenvalue weighted by Gasteiger charge is 2.34. The van der Waals surface area contributed by atoms with Crippen molar-refractivity contribution in [2.24, 2.45) is 5.73 Å². The lowest BCUT2D eigenvalue weighted by Crippen LogP contribution is -2.38. The van der Waals surface area contributed by atoms with Crippen LogP contribution in [-0.2, 0) is 0 Å². The summed E-state index contributed by atoms with van der Waals surface area (Å²) in [6.07, 6.45) is 0.588. The molecule has 0 aliphatic carbocycles. The summed E-state index contributed by atoms with van der Waals surface area (Å²) in [4.78, 5) is 0. The molecule has 2 nitrogen and oxygen atoms in total. The van der Waals surface area contributed by atoms with Crippen molar-refractivity contribution in [3.8, 4) is 5.75 Å². The van der Waals surface area contributed by atoms with Gasteiger partial charge in [0, 0.05) is 18.0 Å². The Kier molecular flexibility index (Phi) is 2.19. The van der Waals surface area contributed by atoms with Crippen molar-refractivity contribution in [2.75, 3.05) is 0 Å². The summed E-state index contributed by atoms with van der Waals surface area (Å²) in [7, 11) is 0. The molecule has 0 aromatic heterocycles. The van der Waals surface area contributed by atoms with Crippen LogP contribution in [0.2, 0.25) is 0 Å². The summed E-state index contributed by atoms with van der Waals surface area (Å²) < 4.78 is 31.8. The van der Waals surface area contributed by atoms with Gasteiger partial charge in [0.05, 0.1) is 0 Å². The molecule has 1 heterocycles. The summed E-state index contributed by atoms with van der Waals surface area (Å²) in [6, 6.07) is 2.25. The predicted octanol–water partition coefficient (Wildman–Crippen LogP) is 2.53. The second-order valence-electron chi connectivity index (χ2n) is 4.45. The summed E-state index contributed by atoms with van der Waals surface area (Å²) in [6.45, 7) is 3.61. The molecule has 0 saturated heterocycles. The van der Waals surface area contributed by atoms with Gasteiger partial charge in [-0.25, -0.2) is 4.39 Å². The van der Waals surface area contributed by atoms with Crippen LogP contribution in [0.5, 0.6) is 5.75 Å². The molecule has 0 spiro atoms. The quantitative estimate of drug-likeness (QED) is 0.718. The molecule has 4 heteroatoms. The zero-order valence-electron chi connectivity index (χ0n) is 8.68. The van der Waals surface area contributed by atoms with Crippen LogP contribution >= 0.6 is 0 Å². The maximum Gasteiger partial charge on any atom is 0.200 e. The average Bonchev–Trinajstić information content (AvgIpc) is 2.10. The Morgan fingerprint density at radius 1 is 1.40 bits per heavy atom. The van der Waals surface area contributed by atoms with Gasteiger partial charge in [-0.2, -0.15) is 4.39 Å². The third kappa shape index (κ3) is 1.69. The standard InChI is InChI=1S/C11H13F2NO/c1-11(2)5-8(14)6-3-4-7(12)9(13)10(6)15-11/h3-4,8H,5,14H2,1-2H3/t8-/m1/s1. The fourth-order valence-corrected chi connectivity index (χ4v) is 1.90. The lowest BCUT2D eigenvalue weighted by molar-refractivity contribution is 0.0663. The van der Waals surface area contributed by atoms with Crippen molar-refractivity contribution in [3.63, 3.8) is 0 Å². The molecule has 2 N–H and O–H groups in total. The zero-order chi connectivity index (χ0) is 11.2. The average molecular weight is 213 g/mol. The van der Waals surface area contributed by atoms with E-state index >= 15 is 0 Å². The van der Waals surface area contributed by atoms with Crippen molar-refractivity contribution >= 4 is 0 Å². The van der Waals surface area contributed by atoms with E-state index in [-0.39, 0.29) is 11.8 Å². The van der Waals surface area contributed by atoms with E-state index in [1.165, 1.54) is 6.07 Å². The van der Waals surface area contributed by atoms with Gasteiger partial charge < -0.3 is 10.5 Å². The number of hydrogen-bond donors (Lipinski definition) is 1. The van der Waals surface area contributed by atoms with E-state index in [1.807, 2.05) is 0 Å². The van der Waals surface area contributed by atoms with E-state index in [0.717, 1.165) is 6.07 Å². The van der Waals surface area contributed by atoms with Crippen LogP contribution in [0.1, 0.15) is 31.9 Å². The van der Waals surface area contributed by atoms with Gasteiger partial charge in [-0.15, -0.1) is 0 Å². The van der Waals surface area contributed by atoms with Gasteiger partial charge in [0.1, 0.15) is 5.60 Å². The Hall–Kier alpha value is -1.16. The predicted molar refractivity (Wildman–Crippen MR) is 52.6 cm³/mol. The molecule has 82 valence electrons. The van der Waals surface area contributed by atoms with Gasteiger partial charge in [-0.05, 0) is 19.9 Å². The minimum atomic E-state index is -0.948. The SMILES string of the molecule is CC1(C)C[C@@H](N)c2ccc(F)c(F)c2O1. The molecule has 1 aromatic rings. The van der Waals surface area contributed by atoms with Crippen LogP contribution in [0.3, 0.4) is 0 Å². The molecule has 1 aromatic carbocycles. The Morgan fingerprint density at radius 3 is 2.73 bits per heavy atom. The first kappa shape index (κ1) is 10.4. The number of fused-ring (bicyclic) bond motifs is 1. The van der Waals surface area contributed by atoms with E-state index in [9.17, 15) is 8.78 Å². The summed E-state index contributed by atoms with van der Waals surface area (Å²) in [5, 5.41) is 0. The van der Waals surface area contributed by atoms with Gasteiger partial charge >= 0.3 is 0 Å². The molecular formula is C11H13F2NO. The van der Waals surface area contributed by atoms with Crippen LogP contribution in [0.25, 0.3) is 0 Å². The Labute approximate surface area is 87.0 Å². The molecular weight excluding hydrogens is 200 g/mol. The Balaban J connectivity index is 2.56. The number of ether oxygens (including phenoxy) is 1. The van der Waals surface area contributed by atoms with Crippen LogP contribution < -0.4 is 10.5 Å². The van der Waals surface area contributed by atoms with Gasteiger partial charge in [0.2, 0.25) is 5.82 Å². The lowest BCUT2D eigenvalue weighted by Gasteiger charge is -2.36. The maximum atomic E-state index is 13.4. The molecule has 1 aliphatic rings. The largest absolute Gasteiger partial charge is 0.484 e. The highest BCUT2D eigenvalue weighted by atomic mass is 19.2. The molecule has 0 unspecified atom stereocenters. The van der Waals surface area contributed by atoms with E-state index in [4.69, 9.17) is 10.5 Å². The zero-order valence-corrected chi connectivity index (χ0v) is 8.68. The molecule has 0 bridgehead atoms. The molecule has 1 atom stereocenters. The number of benzene rings is 1. The monoisotopic (exact) mass is 213 g/mol. The van der Waals surface area contributed by atoms with Crippen molar-refractivity contribution < 1.29 is 13.5 Å². The minimum Gasteiger partial charge on any atom is -0.484 e. The third-order valence-electron chi connectivity index (χ3n) is 2.57. The summed E-state index contributed by atoms with van der Waals surface area (Å²) >= 11 is 0. The normalized spacial score (nSPS) is 23.1. The van der Waals surface area contributed by atoms with Gasteiger partial charge in [-0.3, -0.25) is 0 Å². The van der Waals surface area contributed by atoms with Gasteiger partial charge in [0.15, 0.2) is 11.6 Å². The van der Waals surface area contributed by atoms with Crippen molar-refractivity contribution in [1.82, 2.24) is 0 Å². The summed E-state index contributed by atoms with van der Waals surface area (Å²) in [5.41, 5.74) is 5.85. The second-order valence-corrected chi connectivity index (χ2v) is 4.45. The van der Waals surface area contributed by atoms with Crippen LogP contribution in [0.15, 0.2) is 12.1 Å². The topological polar surface area (TPSA) is 35.2 Å². The molecule has 2 rings (SSSR count). The van der Waals surface area contributed by atoms with E-state index < -0.39 is 17.2 Å². The first-order valence-electron chi connectivity index (χ1n) is 4.83. The van der Waals surface area contributed by atoms with Crippen LogP contribution in [0.4, 0.5) is 8.78 Å². The fraction of sp³-hybridized carbons (Fsp3) is 0.455. The van der Waals surface area contributed by atoms with Crippen LogP contribution in [-0.4, -0.2) is 5.60 Å². The molecule has 0 fully saturated rings. The maximum absolute atomic E-state index is 13.4. The van der Waals surface area contributed by atoms with E-state index in [2.05, 4.69) is 0 Å². The van der Waals surface area contributed by atoms with E-state index in [1.54, 1.807) is 13.8 Å². The highest BCUT2D eigenvalue weighted by Crippen LogP contribution is 2.40. The van der Waals surface area contributed by atoms with Crippen molar-refractivity contribution in [2.45, 2.75) is 31.9 Å². The van der Waals surface area contributed by atoms with Crippen molar-refractivity contribution in [3.05, 3.63) is 29.3 Å². The van der Waals surface area contributed by atoms with Gasteiger partial charge in [-0.1, -0.05) is 6.07 Å². The highest BCUT2D eigenvalue weighted by molar-refractivity contribution is 5.40. The lowest BCUT2D eigenvalue weighted by atomic mass is 9.90. The Morgan fingerprint density at radius 2 is 2.07 bits per heavy atom. The third-order valence-corrected chi connectivity index (χ3v) is 2.57. The molecule has 0 amide bonds. The first-order chi connectivity index (χ1) is 6.91. The Bertz CT molecular complexity index is 404. The van der Waals surface area contributed by atoms with Gasteiger partial charge in [0.25, 0.3) is 0 Å². The number of nitrogens with two attached hydrogens (primary N) is 1. The first-order valence-corrected chi connectivity index (χ1v) is 4.83. The van der Waals surface area contributed by atoms with E-state index in [0.29, 0.717) is 12.0 Å².